The largest absolute Gasteiger partial charge is 0.492 e. The van der Waals surface area contributed by atoms with Gasteiger partial charge in [-0.25, -0.2) is 4.79 Å². The summed E-state index contributed by atoms with van der Waals surface area (Å²) in [6.45, 7) is 12.3. The van der Waals surface area contributed by atoms with Gasteiger partial charge < -0.3 is 15.4 Å². The van der Waals surface area contributed by atoms with Crippen LogP contribution in [0, 0.1) is 5.92 Å². The number of hydrogen-bond acceptors (Lipinski definition) is 2. The lowest BCUT2D eigenvalue weighted by atomic mass is 9.87. The van der Waals surface area contributed by atoms with Crippen LogP contribution in [0.5, 0.6) is 5.75 Å². The minimum Gasteiger partial charge on any atom is -0.492 e. The molecule has 0 aliphatic rings. The molecule has 118 valence electrons. The summed E-state index contributed by atoms with van der Waals surface area (Å²) >= 11 is 0. The Kier molecular flexibility index (Phi) is 6.53. The van der Waals surface area contributed by atoms with Crippen LogP contribution >= 0.6 is 0 Å². The predicted molar refractivity (Wildman–Crippen MR) is 86.9 cm³/mol. The molecule has 0 fully saturated rings. The first-order valence-electron chi connectivity index (χ1n) is 7.54. The number of hydrogen-bond donors (Lipinski definition) is 2. The standard InChI is InChI=1S/C17H28N2O2/c1-13(2)12-19-16(20)18-9-10-21-15-8-6-7-14(11-15)17(3,4)5/h6-8,11,13H,9-10,12H2,1-5H3,(H2,18,19,20). The van der Waals surface area contributed by atoms with Crippen molar-refractivity contribution in [3.63, 3.8) is 0 Å². The van der Waals surface area contributed by atoms with E-state index in [1.54, 1.807) is 0 Å². The van der Waals surface area contributed by atoms with Crippen molar-refractivity contribution in [3.05, 3.63) is 29.8 Å². The van der Waals surface area contributed by atoms with Crippen LogP contribution in [0.2, 0.25) is 0 Å². The van der Waals surface area contributed by atoms with E-state index in [4.69, 9.17) is 4.74 Å². The molecule has 0 spiro atoms. The molecule has 0 saturated carbocycles. The summed E-state index contributed by atoms with van der Waals surface area (Å²) in [5, 5.41) is 5.58. The highest BCUT2D eigenvalue weighted by Crippen LogP contribution is 2.25. The summed E-state index contributed by atoms with van der Waals surface area (Å²) in [4.78, 5) is 11.5. The third-order valence-electron chi connectivity index (χ3n) is 3.03. The normalized spacial score (nSPS) is 11.3. The molecule has 0 aliphatic carbocycles. The van der Waals surface area contributed by atoms with E-state index < -0.39 is 0 Å². The number of ether oxygens (including phenoxy) is 1. The molecule has 21 heavy (non-hydrogen) atoms. The van der Waals surface area contributed by atoms with Gasteiger partial charge in [0.15, 0.2) is 0 Å². The topological polar surface area (TPSA) is 50.4 Å². The minimum atomic E-state index is -0.143. The van der Waals surface area contributed by atoms with Crippen LogP contribution in [-0.4, -0.2) is 25.7 Å². The fourth-order valence-electron chi connectivity index (χ4n) is 1.75. The predicted octanol–water partition coefficient (Wildman–Crippen LogP) is 3.32. The highest BCUT2D eigenvalue weighted by molar-refractivity contribution is 5.73. The molecule has 0 aliphatic heterocycles. The Bertz CT molecular complexity index is 450. The maximum absolute atomic E-state index is 11.5. The zero-order valence-electron chi connectivity index (χ0n) is 13.8. The Hall–Kier alpha value is -1.71. The number of rotatable bonds is 6. The summed E-state index contributed by atoms with van der Waals surface area (Å²) in [7, 11) is 0. The molecule has 2 amide bonds. The van der Waals surface area contributed by atoms with E-state index in [0.29, 0.717) is 25.6 Å². The first-order chi connectivity index (χ1) is 9.79. The van der Waals surface area contributed by atoms with Gasteiger partial charge in [-0.05, 0) is 29.0 Å². The lowest BCUT2D eigenvalue weighted by Crippen LogP contribution is -2.39. The number of benzene rings is 1. The Morgan fingerprint density at radius 3 is 2.57 bits per heavy atom. The van der Waals surface area contributed by atoms with Gasteiger partial charge in [0.25, 0.3) is 0 Å². The Balaban J connectivity index is 2.32. The van der Waals surface area contributed by atoms with E-state index in [-0.39, 0.29) is 11.4 Å². The van der Waals surface area contributed by atoms with Gasteiger partial charge in [0.1, 0.15) is 12.4 Å². The molecule has 0 bridgehead atoms. The number of carbonyl (C=O) groups is 1. The minimum absolute atomic E-state index is 0.106. The molecule has 0 heterocycles. The Morgan fingerprint density at radius 2 is 1.95 bits per heavy atom. The molecule has 4 heteroatoms. The number of urea groups is 1. The molecule has 1 rings (SSSR count). The van der Waals surface area contributed by atoms with Crippen molar-refractivity contribution in [2.45, 2.75) is 40.0 Å². The molecule has 1 aromatic carbocycles. The van der Waals surface area contributed by atoms with Gasteiger partial charge in [0, 0.05) is 6.54 Å². The molecule has 0 radical (unpaired) electrons. The number of amides is 2. The van der Waals surface area contributed by atoms with Crippen LogP contribution < -0.4 is 15.4 Å². The zero-order valence-corrected chi connectivity index (χ0v) is 13.8. The highest BCUT2D eigenvalue weighted by atomic mass is 16.5. The second-order valence-electron chi connectivity index (χ2n) is 6.66. The average molecular weight is 292 g/mol. The first-order valence-corrected chi connectivity index (χ1v) is 7.54. The smallest absolute Gasteiger partial charge is 0.314 e. The second kappa shape index (κ2) is 7.91. The Labute approximate surface area is 128 Å². The molecule has 2 N–H and O–H groups in total. The maximum Gasteiger partial charge on any atom is 0.314 e. The van der Waals surface area contributed by atoms with Crippen molar-refractivity contribution in [1.82, 2.24) is 10.6 Å². The quantitative estimate of drug-likeness (QED) is 0.790. The molecule has 0 unspecified atom stereocenters. The Morgan fingerprint density at radius 1 is 1.24 bits per heavy atom. The van der Waals surface area contributed by atoms with Gasteiger partial charge in [0.05, 0.1) is 6.54 Å². The fourth-order valence-corrected chi connectivity index (χ4v) is 1.75. The van der Waals surface area contributed by atoms with Crippen molar-refractivity contribution in [1.29, 1.82) is 0 Å². The van der Waals surface area contributed by atoms with E-state index in [2.05, 4.69) is 57.4 Å². The van der Waals surface area contributed by atoms with E-state index in [9.17, 15) is 4.79 Å². The summed E-state index contributed by atoms with van der Waals surface area (Å²) in [5.74, 6) is 1.29. The third kappa shape index (κ3) is 7.02. The summed E-state index contributed by atoms with van der Waals surface area (Å²) in [6, 6.07) is 7.95. The molecule has 1 aromatic rings. The molecule has 0 aromatic heterocycles. The summed E-state index contributed by atoms with van der Waals surface area (Å²) < 4.78 is 5.68. The van der Waals surface area contributed by atoms with Gasteiger partial charge in [0.2, 0.25) is 0 Å². The second-order valence-corrected chi connectivity index (χ2v) is 6.66. The van der Waals surface area contributed by atoms with E-state index >= 15 is 0 Å². The van der Waals surface area contributed by atoms with Crippen molar-refractivity contribution < 1.29 is 9.53 Å². The summed E-state index contributed by atoms with van der Waals surface area (Å²) in [6.07, 6.45) is 0. The highest BCUT2D eigenvalue weighted by Gasteiger charge is 2.13. The van der Waals surface area contributed by atoms with Crippen molar-refractivity contribution in [2.75, 3.05) is 19.7 Å². The van der Waals surface area contributed by atoms with Crippen LogP contribution in [-0.2, 0) is 5.41 Å². The molecule has 4 nitrogen and oxygen atoms in total. The van der Waals surface area contributed by atoms with Gasteiger partial charge in [-0.2, -0.15) is 0 Å². The van der Waals surface area contributed by atoms with Crippen molar-refractivity contribution in [2.24, 2.45) is 5.92 Å². The van der Waals surface area contributed by atoms with Crippen LogP contribution in [0.25, 0.3) is 0 Å². The lowest BCUT2D eigenvalue weighted by Gasteiger charge is -2.19. The fraction of sp³-hybridized carbons (Fsp3) is 0.588. The van der Waals surface area contributed by atoms with E-state index in [1.165, 1.54) is 5.56 Å². The maximum atomic E-state index is 11.5. The van der Waals surface area contributed by atoms with Crippen LogP contribution in [0.3, 0.4) is 0 Å². The molecular formula is C17H28N2O2. The van der Waals surface area contributed by atoms with Gasteiger partial charge in [-0.15, -0.1) is 0 Å². The number of nitrogens with one attached hydrogen (secondary N) is 2. The summed E-state index contributed by atoms with van der Waals surface area (Å²) in [5.41, 5.74) is 1.34. The molecule has 0 saturated heterocycles. The van der Waals surface area contributed by atoms with E-state index in [0.717, 1.165) is 5.75 Å². The first kappa shape index (κ1) is 17.3. The lowest BCUT2D eigenvalue weighted by molar-refractivity contribution is 0.235. The van der Waals surface area contributed by atoms with E-state index in [1.807, 2.05) is 12.1 Å². The third-order valence-corrected chi connectivity index (χ3v) is 3.03. The van der Waals surface area contributed by atoms with Gasteiger partial charge in [-0.1, -0.05) is 46.8 Å². The molecule has 0 atom stereocenters. The van der Waals surface area contributed by atoms with Gasteiger partial charge in [-0.3, -0.25) is 0 Å². The number of carbonyl (C=O) groups excluding carboxylic acids is 1. The van der Waals surface area contributed by atoms with Crippen LogP contribution in [0.1, 0.15) is 40.2 Å². The van der Waals surface area contributed by atoms with Crippen LogP contribution in [0.15, 0.2) is 24.3 Å². The SMILES string of the molecule is CC(C)CNC(=O)NCCOc1cccc(C(C)(C)C)c1. The average Bonchev–Trinajstić information content (AvgIpc) is 2.41. The zero-order chi connectivity index (χ0) is 15.9. The van der Waals surface area contributed by atoms with Crippen molar-refractivity contribution >= 4 is 6.03 Å². The van der Waals surface area contributed by atoms with Crippen LogP contribution in [0.4, 0.5) is 4.79 Å². The van der Waals surface area contributed by atoms with Gasteiger partial charge >= 0.3 is 6.03 Å². The molecular weight excluding hydrogens is 264 g/mol. The van der Waals surface area contributed by atoms with Crippen molar-refractivity contribution in [3.8, 4) is 5.75 Å². The monoisotopic (exact) mass is 292 g/mol.